The Morgan fingerprint density at radius 1 is 1.32 bits per heavy atom. The Bertz CT molecular complexity index is 594. The third-order valence-electron chi connectivity index (χ3n) is 4.00. The van der Waals surface area contributed by atoms with Crippen molar-refractivity contribution >= 4 is 17.6 Å². The van der Waals surface area contributed by atoms with Gasteiger partial charge in [0, 0.05) is 12.8 Å². The van der Waals surface area contributed by atoms with E-state index in [-0.39, 0.29) is 10.6 Å². The van der Waals surface area contributed by atoms with Crippen LogP contribution < -0.4 is 4.74 Å². The molecule has 1 aliphatic carbocycles. The van der Waals surface area contributed by atoms with Crippen molar-refractivity contribution in [2.24, 2.45) is 0 Å². The van der Waals surface area contributed by atoms with Crippen LogP contribution in [-0.4, -0.2) is 37.1 Å². The first-order chi connectivity index (χ1) is 10.1. The molecule has 0 radical (unpaired) electrons. The second kappa shape index (κ2) is 5.31. The van der Waals surface area contributed by atoms with Crippen molar-refractivity contribution in [1.82, 2.24) is 0 Å². The Kier molecular flexibility index (Phi) is 4.08. The van der Waals surface area contributed by atoms with Gasteiger partial charge in [-0.15, -0.1) is 0 Å². The van der Waals surface area contributed by atoms with Crippen molar-refractivity contribution in [2.45, 2.75) is 30.0 Å². The molecule has 1 N–H and O–H groups in total. The summed E-state index contributed by atoms with van der Waals surface area (Å²) in [6.45, 7) is 0. The summed E-state index contributed by atoms with van der Waals surface area (Å²) in [6, 6.07) is 4.25. The van der Waals surface area contributed by atoms with Gasteiger partial charge in [-0.25, -0.2) is 0 Å². The Hall–Kier alpha value is -1.47. The molecule has 1 saturated carbocycles. The fourth-order valence-electron chi connectivity index (χ4n) is 2.77. The molecule has 0 saturated heterocycles. The third-order valence-corrected chi connectivity index (χ3v) is 4.29. The van der Waals surface area contributed by atoms with Gasteiger partial charge in [0.05, 0.1) is 24.7 Å². The highest BCUT2D eigenvalue weighted by atomic mass is 35.5. The van der Waals surface area contributed by atoms with Gasteiger partial charge >= 0.3 is 12.1 Å². The summed E-state index contributed by atoms with van der Waals surface area (Å²) in [5.41, 5.74) is -4.23. The van der Waals surface area contributed by atoms with Gasteiger partial charge in [0.2, 0.25) is 0 Å². The van der Waals surface area contributed by atoms with Crippen molar-refractivity contribution in [2.75, 3.05) is 14.2 Å². The molecule has 1 fully saturated rings. The van der Waals surface area contributed by atoms with Gasteiger partial charge < -0.3 is 14.6 Å². The van der Waals surface area contributed by atoms with Gasteiger partial charge in [-0.1, -0.05) is 17.7 Å². The predicted octanol–water partition coefficient (Wildman–Crippen LogP) is 2.85. The van der Waals surface area contributed by atoms with Crippen LogP contribution in [0.3, 0.4) is 0 Å². The topological polar surface area (TPSA) is 55.8 Å². The smallest absolute Gasteiger partial charge is 0.417 e. The normalized spacial score (nSPS) is 28.0. The number of hydrogen-bond acceptors (Lipinski definition) is 4. The number of aliphatic hydroxyl groups is 1. The molecule has 122 valence electrons. The van der Waals surface area contributed by atoms with E-state index in [0.29, 0.717) is 5.75 Å². The summed E-state index contributed by atoms with van der Waals surface area (Å²) in [6.07, 6.45) is -6.43. The van der Waals surface area contributed by atoms with Crippen LogP contribution in [0.1, 0.15) is 18.4 Å². The molecule has 0 aromatic heterocycles. The summed E-state index contributed by atoms with van der Waals surface area (Å²) in [5.74, 6) is -0.515. The molecular formula is C14H14ClF3O4. The van der Waals surface area contributed by atoms with Crippen LogP contribution in [0.15, 0.2) is 18.2 Å². The number of carbonyl (C=O) groups is 1. The molecule has 0 unspecified atom stereocenters. The SMILES string of the molecule is COC(=O)C1(c2ccc(OC)c(Cl)c2)CC(O)(C(F)(F)F)C1. The third kappa shape index (κ3) is 2.42. The minimum atomic E-state index is -4.82. The van der Waals surface area contributed by atoms with E-state index < -0.39 is 36.0 Å². The highest BCUT2D eigenvalue weighted by molar-refractivity contribution is 6.32. The molecule has 1 aromatic rings. The lowest BCUT2D eigenvalue weighted by Crippen LogP contribution is -2.65. The number of carbonyl (C=O) groups excluding carboxylic acids is 1. The van der Waals surface area contributed by atoms with Gasteiger partial charge in [0.1, 0.15) is 5.75 Å². The highest BCUT2D eigenvalue weighted by Gasteiger charge is 2.70. The monoisotopic (exact) mass is 338 g/mol. The van der Waals surface area contributed by atoms with Gasteiger partial charge in [0.25, 0.3) is 0 Å². The maximum absolute atomic E-state index is 12.9. The lowest BCUT2D eigenvalue weighted by atomic mass is 9.55. The first-order valence-electron chi connectivity index (χ1n) is 6.31. The minimum Gasteiger partial charge on any atom is -0.495 e. The molecule has 1 aliphatic rings. The van der Waals surface area contributed by atoms with E-state index in [0.717, 1.165) is 7.11 Å². The highest BCUT2D eigenvalue weighted by Crippen LogP contribution is 2.57. The maximum atomic E-state index is 12.9. The molecule has 4 nitrogen and oxygen atoms in total. The van der Waals surface area contributed by atoms with E-state index >= 15 is 0 Å². The zero-order valence-electron chi connectivity index (χ0n) is 11.8. The molecule has 1 aromatic carbocycles. The first kappa shape index (κ1) is 16.9. The van der Waals surface area contributed by atoms with E-state index in [2.05, 4.69) is 4.74 Å². The van der Waals surface area contributed by atoms with Crippen LogP contribution in [0.2, 0.25) is 5.02 Å². The van der Waals surface area contributed by atoms with Crippen molar-refractivity contribution in [3.8, 4) is 5.75 Å². The average molecular weight is 339 g/mol. The summed E-state index contributed by atoms with van der Waals surface area (Å²) >= 11 is 5.96. The Morgan fingerprint density at radius 2 is 1.91 bits per heavy atom. The largest absolute Gasteiger partial charge is 0.495 e. The fraction of sp³-hybridized carbons (Fsp3) is 0.500. The van der Waals surface area contributed by atoms with E-state index in [1.807, 2.05) is 0 Å². The maximum Gasteiger partial charge on any atom is 0.417 e. The van der Waals surface area contributed by atoms with Crippen LogP contribution in [0.4, 0.5) is 13.2 Å². The number of rotatable bonds is 3. The first-order valence-corrected chi connectivity index (χ1v) is 6.69. The number of esters is 1. The summed E-state index contributed by atoms with van der Waals surface area (Å²) < 4.78 is 48.2. The van der Waals surface area contributed by atoms with Gasteiger partial charge in [-0.3, -0.25) is 4.79 Å². The molecule has 8 heteroatoms. The van der Waals surface area contributed by atoms with Crippen LogP contribution in [0, 0.1) is 0 Å². The molecule has 0 heterocycles. The zero-order chi connectivity index (χ0) is 16.8. The molecule has 0 aliphatic heterocycles. The van der Waals surface area contributed by atoms with E-state index in [1.54, 1.807) is 0 Å². The van der Waals surface area contributed by atoms with Crippen LogP contribution in [0.25, 0.3) is 0 Å². The number of ether oxygens (including phenoxy) is 2. The second-order valence-electron chi connectivity index (χ2n) is 5.31. The quantitative estimate of drug-likeness (QED) is 0.861. The Labute approximate surface area is 129 Å². The molecule has 0 spiro atoms. The lowest BCUT2D eigenvalue weighted by Gasteiger charge is -2.51. The summed E-state index contributed by atoms with van der Waals surface area (Å²) in [7, 11) is 2.48. The Balaban J connectivity index is 2.43. The molecule has 22 heavy (non-hydrogen) atoms. The average Bonchev–Trinajstić information content (AvgIpc) is 2.41. The number of benzene rings is 1. The number of hydrogen-bond donors (Lipinski definition) is 1. The number of methoxy groups -OCH3 is 2. The Morgan fingerprint density at radius 3 is 2.32 bits per heavy atom. The van der Waals surface area contributed by atoms with Gasteiger partial charge in [0.15, 0.2) is 5.60 Å². The van der Waals surface area contributed by atoms with E-state index in [9.17, 15) is 23.1 Å². The van der Waals surface area contributed by atoms with Crippen molar-refractivity contribution in [3.63, 3.8) is 0 Å². The lowest BCUT2D eigenvalue weighted by molar-refractivity contribution is -0.302. The summed E-state index contributed by atoms with van der Waals surface area (Å²) in [4.78, 5) is 12.0. The zero-order valence-corrected chi connectivity index (χ0v) is 12.6. The van der Waals surface area contributed by atoms with E-state index in [4.69, 9.17) is 16.3 Å². The summed E-state index contributed by atoms with van der Waals surface area (Å²) in [5, 5.41) is 9.83. The predicted molar refractivity (Wildman–Crippen MR) is 71.9 cm³/mol. The standard InChI is InChI=1S/C14H14ClF3O4/c1-21-10-4-3-8(5-9(10)15)12(11(19)22-2)6-13(20,7-12)14(16,17)18/h3-5,20H,6-7H2,1-2H3. The second-order valence-corrected chi connectivity index (χ2v) is 5.71. The van der Waals surface area contributed by atoms with Crippen molar-refractivity contribution in [3.05, 3.63) is 28.8 Å². The van der Waals surface area contributed by atoms with Crippen molar-refractivity contribution in [1.29, 1.82) is 0 Å². The number of alkyl halides is 3. The van der Waals surface area contributed by atoms with E-state index in [1.165, 1.54) is 25.3 Å². The molecule has 0 amide bonds. The molecule has 2 rings (SSSR count). The molecule has 0 bridgehead atoms. The minimum absolute atomic E-state index is 0.158. The van der Waals surface area contributed by atoms with Crippen LogP contribution in [-0.2, 0) is 14.9 Å². The van der Waals surface area contributed by atoms with Gasteiger partial charge in [-0.2, -0.15) is 13.2 Å². The number of halogens is 4. The van der Waals surface area contributed by atoms with Crippen LogP contribution >= 0.6 is 11.6 Å². The van der Waals surface area contributed by atoms with Crippen LogP contribution in [0.5, 0.6) is 5.75 Å². The van der Waals surface area contributed by atoms with Gasteiger partial charge in [-0.05, 0) is 17.7 Å². The fourth-order valence-corrected chi connectivity index (χ4v) is 3.03. The van der Waals surface area contributed by atoms with Crippen molar-refractivity contribution < 1.29 is 32.5 Å². The molecule has 0 atom stereocenters. The molecular weight excluding hydrogens is 325 g/mol.